The van der Waals surface area contributed by atoms with Crippen LogP contribution >= 0.6 is 11.8 Å². The minimum Gasteiger partial charge on any atom is -0.299 e. The molecule has 0 aliphatic carbocycles. The van der Waals surface area contributed by atoms with Gasteiger partial charge in [-0.15, -0.1) is 11.8 Å². The number of benzene rings is 1. The Labute approximate surface area is 93.1 Å². The summed E-state index contributed by atoms with van der Waals surface area (Å²) in [4.78, 5) is 24.2. The van der Waals surface area contributed by atoms with Crippen LogP contribution in [-0.4, -0.2) is 17.3 Å². The van der Waals surface area contributed by atoms with Crippen LogP contribution in [0.1, 0.15) is 22.8 Å². The molecule has 0 N–H and O–H groups in total. The molecular formula is C12H12O2S. The Balaban J connectivity index is 2.45. The summed E-state index contributed by atoms with van der Waals surface area (Å²) in [5.41, 5.74) is 1.78. The molecule has 2 nitrogen and oxygen atoms in total. The molecule has 1 aromatic carbocycles. The largest absolute Gasteiger partial charge is 0.299 e. The van der Waals surface area contributed by atoms with Crippen molar-refractivity contribution in [3.05, 3.63) is 29.3 Å². The number of thioether (sulfide) groups is 1. The summed E-state index contributed by atoms with van der Waals surface area (Å²) in [5.74, 6) is 0.105. The fourth-order valence-electron chi connectivity index (χ4n) is 1.70. The van der Waals surface area contributed by atoms with Crippen LogP contribution in [0.3, 0.4) is 0 Å². The van der Waals surface area contributed by atoms with Gasteiger partial charge in [-0.1, -0.05) is 11.6 Å². The van der Waals surface area contributed by atoms with Crippen molar-refractivity contribution >= 4 is 23.3 Å². The highest BCUT2D eigenvalue weighted by Crippen LogP contribution is 2.33. The van der Waals surface area contributed by atoms with E-state index in [0.717, 1.165) is 10.5 Å². The van der Waals surface area contributed by atoms with Crippen molar-refractivity contribution in [2.75, 3.05) is 5.75 Å². The van der Waals surface area contributed by atoms with Crippen LogP contribution in [0.4, 0.5) is 0 Å². The Hall–Kier alpha value is -1.09. The molecule has 1 unspecified atom stereocenters. The maximum absolute atomic E-state index is 12.0. The van der Waals surface area contributed by atoms with Crippen LogP contribution in [0, 0.1) is 12.8 Å². The zero-order valence-corrected chi connectivity index (χ0v) is 9.56. The molecule has 1 aliphatic rings. The minimum atomic E-state index is -0.440. The van der Waals surface area contributed by atoms with Gasteiger partial charge in [0, 0.05) is 16.2 Å². The lowest BCUT2D eigenvalue weighted by atomic mass is 9.94. The number of ketones is 2. The van der Waals surface area contributed by atoms with E-state index >= 15 is 0 Å². The second kappa shape index (κ2) is 3.81. The molecule has 1 aliphatic heterocycles. The van der Waals surface area contributed by atoms with E-state index < -0.39 is 5.92 Å². The maximum Gasteiger partial charge on any atom is 0.175 e. The lowest BCUT2D eigenvalue weighted by Gasteiger charge is -2.20. The zero-order valence-electron chi connectivity index (χ0n) is 8.74. The van der Waals surface area contributed by atoms with Crippen molar-refractivity contribution in [3.8, 4) is 0 Å². The molecule has 0 saturated carbocycles. The summed E-state index contributed by atoms with van der Waals surface area (Å²) in [5, 5.41) is 0. The summed E-state index contributed by atoms with van der Waals surface area (Å²) >= 11 is 1.60. The SMILES string of the molecule is CC(=O)C1CSc2ccc(C)cc2C1=O. The maximum atomic E-state index is 12.0. The third-order valence-electron chi connectivity index (χ3n) is 2.61. The molecule has 1 atom stereocenters. The second-order valence-electron chi connectivity index (χ2n) is 3.84. The number of hydrogen-bond donors (Lipinski definition) is 0. The second-order valence-corrected chi connectivity index (χ2v) is 4.90. The molecule has 78 valence electrons. The van der Waals surface area contributed by atoms with Gasteiger partial charge in [-0.3, -0.25) is 9.59 Å². The van der Waals surface area contributed by atoms with Gasteiger partial charge in [-0.05, 0) is 26.0 Å². The van der Waals surface area contributed by atoms with Crippen molar-refractivity contribution in [2.45, 2.75) is 18.7 Å². The van der Waals surface area contributed by atoms with Gasteiger partial charge in [-0.2, -0.15) is 0 Å². The molecule has 1 aromatic rings. The Morgan fingerprint density at radius 3 is 2.87 bits per heavy atom. The van der Waals surface area contributed by atoms with E-state index in [1.54, 1.807) is 11.8 Å². The summed E-state index contributed by atoms with van der Waals surface area (Å²) in [6.07, 6.45) is 0. The monoisotopic (exact) mass is 220 g/mol. The molecule has 1 heterocycles. The normalized spacial score (nSPS) is 19.9. The Morgan fingerprint density at radius 2 is 2.20 bits per heavy atom. The highest BCUT2D eigenvalue weighted by Gasteiger charge is 2.30. The average molecular weight is 220 g/mol. The van der Waals surface area contributed by atoms with Crippen molar-refractivity contribution in [2.24, 2.45) is 5.92 Å². The highest BCUT2D eigenvalue weighted by molar-refractivity contribution is 7.99. The summed E-state index contributed by atoms with van der Waals surface area (Å²) in [7, 11) is 0. The fraction of sp³-hybridized carbons (Fsp3) is 0.333. The van der Waals surface area contributed by atoms with Crippen LogP contribution in [-0.2, 0) is 4.79 Å². The Morgan fingerprint density at radius 1 is 1.47 bits per heavy atom. The number of carbonyl (C=O) groups is 2. The van der Waals surface area contributed by atoms with E-state index in [1.807, 2.05) is 25.1 Å². The topological polar surface area (TPSA) is 34.1 Å². The first-order valence-corrected chi connectivity index (χ1v) is 5.86. The van der Waals surface area contributed by atoms with Gasteiger partial charge < -0.3 is 0 Å². The van der Waals surface area contributed by atoms with E-state index in [0.29, 0.717) is 11.3 Å². The van der Waals surface area contributed by atoms with E-state index in [9.17, 15) is 9.59 Å². The van der Waals surface area contributed by atoms with Gasteiger partial charge in [0.15, 0.2) is 5.78 Å². The fourth-order valence-corrected chi connectivity index (χ4v) is 2.91. The smallest absolute Gasteiger partial charge is 0.175 e. The van der Waals surface area contributed by atoms with Crippen LogP contribution in [0.25, 0.3) is 0 Å². The standard InChI is InChI=1S/C12H12O2S/c1-7-3-4-11-9(5-7)12(14)10(6-15-11)8(2)13/h3-5,10H,6H2,1-2H3. The predicted molar refractivity (Wildman–Crippen MR) is 60.4 cm³/mol. The number of fused-ring (bicyclic) bond motifs is 1. The van der Waals surface area contributed by atoms with Crippen molar-refractivity contribution < 1.29 is 9.59 Å². The number of carbonyl (C=O) groups excluding carboxylic acids is 2. The number of hydrogen-bond acceptors (Lipinski definition) is 3. The Kier molecular flexibility index (Phi) is 2.65. The first-order valence-electron chi connectivity index (χ1n) is 4.87. The molecule has 2 rings (SSSR count). The molecule has 0 spiro atoms. The van der Waals surface area contributed by atoms with Gasteiger partial charge in [-0.25, -0.2) is 0 Å². The number of Topliss-reactive ketones (excluding diaryl/α,β-unsaturated/α-hetero) is 2. The summed E-state index contributed by atoms with van der Waals surface area (Å²) < 4.78 is 0. The van der Waals surface area contributed by atoms with Crippen molar-refractivity contribution in [1.82, 2.24) is 0 Å². The third-order valence-corrected chi connectivity index (χ3v) is 3.78. The van der Waals surface area contributed by atoms with E-state index in [-0.39, 0.29) is 11.6 Å². The molecule has 0 fully saturated rings. The lowest BCUT2D eigenvalue weighted by Crippen LogP contribution is -2.28. The van der Waals surface area contributed by atoms with Gasteiger partial charge in [0.1, 0.15) is 5.78 Å². The van der Waals surface area contributed by atoms with Crippen molar-refractivity contribution in [1.29, 1.82) is 0 Å². The quantitative estimate of drug-likeness (QED) is 0.682. The van der Waals surface area contributed by atoms with Crippen LogP contribution in [0.15, 0.2) is 23.1 Å². The first-order chi connectivity index (χ1) is 7.09. The molecule has 0 amide bonds. The highest BCUT2D eigenvalue weighted by atomic mass is 32.2. The molecule has 3 heteroatoms. The van der Waals surface area contributed by atoms with Crippen LogP contribution in [0.5, 0.6) is 0 Å². The van der Waals surface area contributed by atoms with Gasteiger partial charge in [0.25, 0.3) is 0 Å². The van der Waals surface area contributed by atoms with Gasteiger partial charge >= 0.3 is 0 Å². The zero-order chi connectivity index (χ0) is 11.0. The van der Waals surface area contributed by atoms with E-state index in [4.69, 9.17) is 0 Å². The minimum absolute atomic E-state index is 0.0139. The summed E-state index contributed by atoms with van der Waals surface area (Å²) in [6, 6.07) is 5.83. The number of rotatable bonds is 1. The summed E-state index contributed by atoms with van der Waals surface area (Å²) in [6.45, 7) is 3.44. The molecule has 0 saturated heterocycles. The molecule has 0 radical (unpaired) electrons. The van der Waals surface area contributed by atoms with Crippen LogP contribution in [0.2, 0.25) is 0 Å². The Bertz CT molecular complexity index is 437. The number of aryl methyl sites for hydroxylation is 1. The molecule has 15 heavy (non-hydrogen) atoms. The molecule has 0 bridgehead atoms. The van der Waals surface area contributed by atoms with Gasteiger partial charge in [0.2, 0.25) is 0 Å². The van der Waals surface area contributed by atoms with E-state index in [2.05, 4.69) is 0 Å². The van der Waals surface area contributed by atoms with E-state index in [1.165, 1.54) is 6.92 Å². The third kappa shape index (κ3) is 1.84. The molecule has 0 aromatic heterocycles. The van der Waals surface area contributed by atoms with Crippen LogP contribution < -0.4 is 0 Å². The molecular weight excluding hydrogens is 208 g/mol. The van der Waals surface area contributed by atoms with Crippen molar-refractivity contribution in [3.63, 3.8) is 0 Å². The lowest BCUT2D eigenvalue weighted by molar-refractivity contribution is -0.118. The first kappa shape index (κ1) is 10.4. The predicted octanol–water partition coefficient (Wildman–Crippen LogP) is 2.49. The average Bonchev–Trinajstić information content (AvgIpc) is 2.19. The van der Waals surface area contributed by atoms with Gasteiger partial charge in [0.05, 0.1) is 5.92 Å².